The van der Waals surface area contributed by atoms with Crippen molar-refractivity contribution in [1.29, 1.82) is 0 Å². The van der Waals surface area contributed by atoms with Crippen molar-refractivity contribution in [2.75, 3.05) is 19.6 Å². The highest BCUT2D eigenvalue weighted by atomic mass is 19.1. The molecule has 2 unspecified atom stereocenters. The van der Waals surface area contributed by atoms with Crippen LogP contribution in [0.5, 0.6) is 0 Å². The molecule has 0 bridgehead atoms. The van der Waals surface area contributed by atoms with Crippen LogP contribution in [-0.4, -0.2) is 41.6 Å². The second-order valence-corrected chi connectivity index (χ2v) is 6.14. The SMILES string of the molecule is CC1CCCN1CC(=O)NCC(C)(O)c1ccc(F)cc1F. The summed E-state index contributed by atoms with van der Waals surface area (Å²) >= 11 is 0. The summed E-state index contributed by atoms with van der Waals surface area (Å²) in [5.41, 5.74) is -1.63. The lowest BCUT2D eigenvalue weighted by Gasteiger charge is -2.26. The smallest absolute Gasteiger partial charge is 0.234 e. The Hall–Kier alpha value is -1.53. The molecule has 1 amide bonds. The van der Waals surface area contributed by atoms with Crippen LogP contribution >= 0.6 is 0 Å². The highest BCUT2D eigenvalue weighted by Crippen LogP contribution is 2.23. The molecule has 1 aliphatic heterocycles. The summed E-state index contributed by atoms with van der Waals surface area (Å²) in [6.45, 7) is 4.49. The maximum Gasteiger partial charge on any atom is 0.234 e. The van der Waals surface area contributed by atoms with E-state index >= 15 is 0 Å². The van der Waals surface area contributed by atoms with Gasteiger partial charge in [0, 0.05) is 17.7 Å². The van der Waals surface area contributed by atoms with Crippen molar-refractivity contribution in [3.05, 3.63) is 35.4 Å². The predicted octanol–water partition coefficient (Wildman–Crippen LogP) is 1.77. The van der Waals surface area contributed by atoms with Gasteiger partial charge in [-0.1, -0.05) is 6.07 Å². The fourth-order valence-electron chi connectivity index (χ4n) is 2.76. The van der Waals surface area contributed by atoms with E-state index in [2.05, 4.69) is 17.1 Å². The maximum atomic E-state index is 13.7. The number of nitrogens with zero attached hydrogens (tertiary/aromatic N) is 1. The topological polar surface area (TPSA) is 52.6 Å². The molecule has 122 valence electrons. The van der Waals surface area contributed by atoms with Crippen LogP contribution < -0.4 is 5.32 Å². The Kier molecular flexibility index (Phi) is 5.13. The number of hydrogen-bond acceptors (Lipinski definition) is 3. The molecule has 0 aromatic heterocycles. The molecule has 1 aromatic carbocycles. The number of hydrogen-bond donors (Lipinski definition) is 2. The van der Waals surface area contributed by atoms with Crippen molar-refractivity contribution in [3.8, 4) is 0 Å². The summed E-state index contributed by atoms with van der Waals surface area (Å²) in [5, 5.41) is 12.9. The Balaban J connectivity index is 1.92. The van der Waals surface area contributed by atoms with Crippen molar-refractivity contribution in [2.45, 2.75) is 38.3 Å². The van der Waals surface area contributed by atoms with E-state index in [0.717, 1.165) is 31.5 Å². The van der Waals surface area contributed by atoms with Gasteiger partial charge in [0.1, 0.15) is 17.2 Å². The van der Waals surface area contributed by atoms with E-state index in [1.165, 1.54) is 13.0 Å². The molecular weight excluding hydrogens is 290 g/mol. The third kappa shape index (κ3) is 4.01. The first kappa shape index (κ1) is 16.8. The van der Waals surface area contributed by atoms with Crippen molar-refractivity contribution < 1.29 is 18.7 Å². The second kappa shape index (κ2) is 6.71. The summed E-state index contributed by atoms with van der Waals surface area (Å²) in [6.07, 6.45) is 2.15. The Bertz CT molecular complexity index is 549. The zero-order valence-corrected chi connectivity index (χ0v) is 12.9. The van der Waals surface area contributed by atoms with Crippen molar-refractivity contribution in [3.63, 3.8) is 0 Å². The Morgan fingerprint density at radius 2 is 2.23 bits per heavy atom. The first-order chi connectivity index (χ1) is 10.3. The van der Waals surface area contributed by atoms with Gasteiger partial charge >= 0.3 is 0 Å². The quantitative estimate of drug-likeness (QED) is 0.871. The summed E-state index contributed by atoms with van der Waals surface area (Å²) in [7, 11) is 0. The third-order valence-electron chi connectivity index (χ3n) is 4.18. The Morgan fingerprint density at radius 3 is 2.82 bits per heavy atom. The zero-order valence-electron chi connectivity index (χ0n) is 12.9. The molecule has 1 saturated heterocycles. The van der Waals surface area contributed by atoms with Crippen LogP contribution in [-0.2, 0) is 10.4 Å². The number of aliphatic hydroxyl groups is 1. The highest BCUT2D eigenvalue weighted by Gasteiger charge is 2.28. The molecule has 22 heavy (non-hydrogen) atoms. The van der Waals surface area contributed by atoms with E-state index in [-0.39, 0.29) is 24.6 Å². The monoisotopic (exact) mass is 312 g/mol. The number of likely N-dealkylation sites (tertiary alicyclic amines) is 1. The third-order valence-corrected chi connectivity index (χ3v) is 4.18. The number of halogens is 2. The summed E-state index contributed by atoms with van der Waals surface area (Å²) < 4.78 is 26.6. The number of benzene rings is 1. The van der Waals surface area contributed by atoms with Crippen LogP contribution in [0.15, 0.2) is 18.2 Å². The first-order valence-corrected chi connectivity index (χ1v) is 7.48. The molecule has 1 fully saturated rings. The van der Waals surface area contributed by atoms with Gasteiger partial charge < -0.3 is 10.4 Å². The number of rotatable bonds is 5. The minimum absolute atomic E-state index is 0.0382. The minimum Gasteiger partial charge on any atom is -0.383 e. The van der Waals surface area contributed by atoms with Crippen LogP contribution in [0.3, 0.4) is 0 Å². The van der Waals surface area contributed by atoms with E-state index in [0.29, 0.717) is 6.04 Å². The molecule has 0 spiro atoms. The molecule has 4 nitrogen and oxygen atoms in total. The summed E-state index contributed by atoms with van der Waals surface area (Å²) in [6, 6.07) is 3.37. The van der Waals surface area contributed by atoms with E-state index in [1.807, 2.05) is 0 Å². The number of carbonyl (C=O) groups excluding carboxylic acids is 1. The minimum atomic E-state index is -1.59. The van der Waals surface area contributed by atoms with Gasteiger partial charge in [0.2, 0.25) is 5.91 Å². The highest BCUT2D eigenvalue weighted by molar-refractivity contribution is 5.78. The van der Waals surface area contributed by atoms with Crippen LogP contribution in [0.1, 0.15) is 32.3 Å². The van der Waals surface area contributed by atoms with Gasteiger partial charge in [0.25, 0.3) is 0 Å². The average Bonchev–Trinajstić information content (AvgIpc) is 2.82. The fraction of sp³-hybridized carbons (Fsp3) is 0.562. The zero-order chi connectivity index (χ0) is 16.3. The van der Waals surface area contributed by atoms with Crippen LogP contribution in [0.2, 0.25) is 0 Å². The van der Waals surface area contributed by atoms with Crippen LogP contribution in [0.25, 0.3) is 0 Å². The number of amides is 1. The number of carbonyl (C=O) groups is 1. The van der Waals surface area contributed by atoms with E-state index in [9.17, 15) is 18.7 Å². The summed E-state index contributed by atoms with van der Waals surface area (Å²) in [5.74, 6) is -1.74. The van der Waals surface area contributed by atoms with Gasteiger partial charge in [-0.15, -0.1) is 0 Å². The largest absolute Gasteiger partial charge is 0.383 e. The molecule has 0 aliphatic carbocycles. The Morgan fingerprint density at radius 1 is 1.50 bits per heavy atom. The number of nitrogens with one attached hydrogen (secondary N) is 1. The van der Waals surface area contributed by atoms with Crippen molar-refractivity contribution in [1.82, 2.24) is 10.2 Å². The van der Waals surface area contributed by atoms with Gasteiger partial charge in [-0.25, -0.2) is 8.78 Å². The summed E-state index contributed by atoms with van der Waals surface area (Å²) in [4.78, 5) is 14.0. The van der Waals surface area contributed by atoms with E-state index in [4.69, 9.17) is 0 Å². The van der Waals surface area contributed by atoms with Gasteiger partial charge in [0.15, 0.2) is 0 Å². The normalized spacial score (nSPS) is 21.6. The first-order valence-electron chi connectivity index (χ1n) is 7.48. The molecular formula is C16H22F2N2O2. The molecule has 2 atom stereocenters. The van der Waals surface area contributed by atoms with Crippen LogP contribution in [0, 0.1) is 11.6 Å². The lowest BCUT2D eigenvalue weighted by atomic mass is 9.95. The molecule has 0 radical (unpaired) electrons. The fourth-order valence-corrected chi connectivity index (χ4v) is 2.76. The average molecular weight is 312 g/mol. The predicted molar refractivity (Wildman–Crippen MR) is 79.2 cm³/mol. The van der Waals surface area contributed by atoms with Gasteiger partial charge in [0.05, 0.1) is 13.1 Å². The van der Waals surface area contributed by atoms with Crippen molar-refractivity contribution in [2.24, 2.45) is 0 Å². The lowest BCUT2D eigenvalue weighted by Crippen LogP contribution is -2.44. The molecule has 6 heteroatoms. The second-order valence-electron chi connectivity index (χ2n) is 6.14. The molecule has 2 N–H and O–H groups in total. The maximum absolute atomic E-state index is 13.7. The van der Waals surface area contributed by atoms with Crippen molar-refractivity contribution >= 4 is 5.91 Å². The van der Waals surface area contributed by atoms with Gasteiger partial charge in [-0.2, -0.15) is 0 Å². The molecule has 1 aromatic rings. The molecule has 1 aliphatic rings. The molecule has 0 saturated carbocycles. The molecule has 2 rings (SSSR count). The molecule has 1 heterocycles. The van der Waals surface area contributed by atoms with Gasteiger partial charge in [-0.05, 0) is 39.3 Å². The van der Waals surface area contributed by atoms with E-state index < -0.39 is 17.2 Å². The van der Waals surface area contributed by atoms with Gasteiger partial charge in [-0.3, -0.25) is 9.69 Å². The standard InChI is InChI=1S/C16H22F2N2O2/c1-11-4-3-7-20(11)9-15(21)19-10-16(2,22)13-6-5-12(17)8-14(13)18/h5-6,8,11,22H,3-4,7,9-10H2,1-2H3,(H,19,21). The van der Waals surface area contributed by atoms with Crippen LogP contribution in [0.4, 0.5) is 8.78 Å². The van der Waals surface area contributed by atoms with E-state index in [1.54, 1.807) is 0 Å². The Labute approximate surface area is 129 Å². The lowest BCUT2D eigenvalue weighted by molar-refractivity contribution is -0.123.